The molecule has 0 atom stereocenters. The molecule has 0 aliphatic heterocycles. The molecule has 0 heterocycles. The highest BCUT2D eigenvalue weighted by Gasteiger charge is 2.44. The number of fused-ring (bicyclic) bond motifs is 9. The molecule has 174 valence electrons. The van der Waals surface area contributed by atoms with E-state index in [1.807, 2.05) is 0 Å². The first-order chi connectivity index (χ1) is 16.4. The van der Waals surface area contributed by atoms with Gasteiger partial charge in [-0.25, -0.2) is 0 Å². The normalized spacial score (nSPS) is 18.4. The van der Waals surface area contributed by atoms with Crippen LogP contribution in [0.4, 0.5) is 0 Å². The quantitative estimate of drug-likeness (QED) is 0.193. The second-order valence-corrected chi connectivity index (χ2v) is 14.0. The van der Waals surface area contributed by atoms with Gasteiger partial charge in [-0.15, -0.1) is 0 Å². The van der Waals surface area contributed by atoms with Gasteiger partial charge >= 0.3 is 0 Å². The Balaban J connectivity index is 1.50. The maximum absolute atomic E-state index is 3.71. The van der Waals surface area contributed by atoms with Gasteiger partial charge < -0.3 is 0 Å². The molecule has 0 fully saturated rings. The van der Waals surface area contributed by atoms with Gasteiger partial charge in [-0.2, -0.15) is 0 Å². The molecule has 0 nitrogen and oxygen atoms in total. The summed E-state index contributed by atoms with van der Waals surface area (Å²) >= 11 is 7.42. The zero-order chi connectivity index (χ0) is 24.7. The van der Waals surface area contributed by atoms with Crippen molar-refractivity contribution in [3.8, 4) is 33.4 Å². The minimum Gasteiger partial charge on any atom is -0.0529 e. The Bertz CT molecular complexity index is 1510. The van der Waals surface area contributed by atoms with E-state index in [0.29, 0.717) is 0 Å². The van der Waals surface area contributed by atoms with Gasteiger partial charge in [0.25, 0.3) is 0 Å². The van der Waals surface area contributed by atoms with Crippen LogP contribution in [0.5, 0.6) is 0 Å². The number of rotatable bonds is 0. The molecule has 0 N–H and O–H groups in total. The highest BCUT2D eigenvalue weighted by atomic mass is 79.9. The van der Waals surface area contributed by atoms with E-state index in [9.17, 15) is 0 Å². The SMILES string of the molecule is CC1(C)c2cc(Br)ccc2-c2cc3c(cc21)-c1cc2c(cc1C3(C)C)-c1ccc(Br)cc1C2(C)C. The Labute approximate surface area is 225 Å². The lowest BCUT2D eigenvalue weighted by molar-refractivity contribution is 0.649. The molecule has 2 heteroatoms. The molecular formula is C33H28Br2. The van der Waals surface area contributed by atoms with E-state index < -0.39 is 0 Å². The van der Waals surface area contributed by atoms with Crippen LogP contribution in [0, 0.1) is 0 Å². The molecule has 0 amide bonds. The van der Waals surface area contributed by atoms with Crippen LogP contribution in [0.25, 0.3) is 33.4 Å². The van der Waals surface area contributed by atoms with Crippen molar-refractivity contribution >= 4 is 31.9 Å². The van der Waals surface area contributed by atoms with Crippen LogP contribution in [-0.2, 0) is 16.2 Å². The van der Waals surface area contributed by atoms with Gasteiger partial charge in [-0.1, -0.05) is 85.5 Å². The Kier molecular flexibility index (Phi) is 4.15. The fourth-order valence-corrected chi connectivity index (χ4v) is 7.85. The van der Waals surface area contributed by atoms with Crippen molar-refractivity contribution in [2.45, 2.75) is 57.8 Å². The van der Waals surface area contributed by atoms with E-state index in [0.717, 1.165) is 8.95 Å². The van der Waals surface area contributed by atoms with Crippen LogP contribution in [0.3, 0.4) is 0 Å². The highest BCUT2D eigenvalue weighted by molar-refractivity contribution is 9.10. The highest BCUT2D eigenvalue weighted by Crippen LogP contribution is 2.59. The Morgan fingerprint density at radius 3 is 0.943 bits per heavy atom. The summed E-state index contributed by atoms with van der Waals surface area (Å²) in [5.74, 6) is 0. The number of benzene rings is 4. The fourth-order valence-electron chi connectivity index (χ4n) is 7.13. The van der Waals surface area contributed by atoms with Gasteiger partial charge in [0.1, 0.15) is 0 Å². The van der Waals surface area contributed by atoms with Gasteiger partial charge in [-0.05, 0) is 115 Å². The number of hydrogen-bond acceptors (Lipinski definition) is 0. The van der Waals surface area contributed by atoms with Crippen molar-refractivity contribution < 1.29 is 0 Å². The molecular weight excluding hydrogens is 556 g/mol. The van der Waals surface area contributed by atoms with Crippen molar-refractivity contribution in [2.24, 2.45) is 0 Å². The van der Waals surface area contributed by atoms with Crippen LogP contribution in [0.15, 0.2) is 69.6 Å². The molecule has 35 heavy (non-hydrogen) atoms. The summed E-state index contributed by atoms with van der Waals surface area (Å²) in [6.45, 7) is 14.3. The van der Waals surface area contributed by atoms with Crippen LogP contribution >= 0.6 is 31.9 Å². The second kappa shape index (κ2) is 6.58. The summed E-state index contributed by atoms with van der Waals surface area (Å²) in [6, 6.07) is 23.6. The predicted octanol–water partition coefficient (Wildman–Crippen LogP) is 10.1. The molecule has 0 bridgehead atoms. The fraction of sp³-hybridized carbons (Fsp3) is 0.273. The lowest BCUT2D eigenvalue weighted by Gasteiger charge is -2.24. The van der Waals surface area contributed by atoms with Gasteiger partial charge in [-0.3, -0.25) is 0 Å². The van der Waals surface area contributed by atoms with E-state index in [1.54, 1.807) is 0 Å². The molecule has 3 aliphatic rings. The van der Waals surface area contributed by atoms with Crippen molar-refractivity contribution in [3.05, 3.63) is 103 Å². The van der Waals surface area contributed by atoms with Gasteiger partial charge in [0.05, 0.1) is 0 Å². The molecule has 4 aromatic rings. The van der Waals surface area contributed by atoms with Crippen molar-refractivity contribution in [2.75, 3.05) is 0 Å². The van der Waals surface area contributed by atoms with Crippen molar-refractivity contribution in [1.29, 1.82) is 0 Å². The first-order valence-corrected chi connectivity index (χ1v) is 14.0. The zero-order valence-corrected chi connectivity index (χ0v) is 24.2. The number of hydrogen-bond donors (Lipinski definition) is 0. The van der Waals surface area contributed by atoms with Crippen LogP contribution in [0.2, 0.25) is 0 Å². The topological polar surface area (TPSA) is 0 Å². The third-order valence-electron chi connectivity index (χ3n) is 9.19. The molecule has 7 rings (SSSR count). The summed E-state index contributed by atoms with van der Waals surface area (Å²) < 4.78 is 2.30. The summed E-state index contributed by atoms with van der Waals surface area (Å²) in [7, 11) is 0. The van der Waals surface area contributed by atoms with Gasteiger partial charge in [0.2, 0.25) is 0 Å². The maximum atomic E-state index is 3.71. The van der Waals surface area contributed by atoms with Crippen molar-refractivity contribution in [3.63, 3.8) is 0 Å². The summed E-state index contributed by atoms with van der Waals surface area (Å²) in [5.41, 5.74) is 16.9. The molecule has 0 saturated carbocycles. The van der Waals surface area contributed by atoms with Crippen LogP contribution in [0.1, 0.15) is 74.9 Å². The smallest absolute Gasteiger partial charge is 0.0178 e. The Morgan fingerprint density at radius 1 is 0.371 bits per heavy atom. The minimum absolute atomic E-state index is 0.0190. The average Bonchev–Trinajstić information content (AvgIpc) is 3.26. The monoisotopic (exact) mass is 582 g/mol. The second-order valence-electron chi connectivity index (χ2n) is 12.1. The lowest BCUT2D eigenvalue weighted by atomic mass is 9.78. The Morgan fingerprint density at radius 2 is 0.629 bits per heavy atom. The summed E-state index contributed by atoms with van der Waals surface area (Å²) in [5, 5.41) is 0. The largest absolute Gasteiger partial charge is 0.0529 e. The molecule has 4 aromatic carbocycles. The van der Waals surface area contributed by atoms with Gasteiger partial charge in [0, 0.05) is 25.2 Å². The molecule has 0 spiro atoms. The molecule has 0 unspecified atom stereocenters. The zero-order valence-electron chi connectivity index (χ0n) is 21.0. The lowest BCUT2D eigenvalue weighted by Crippen LogP contribution is -2.17. The maximum Gasteiger partial charge on any atom is 0.0178 e. The van der Waals surface area contributed by atoms with Gasteiger partial charge in [0.15, 0.2) is 0 Å². The molecule has 0 saturated heterocycles. The third kappa shape index (κ3) is 2.63. The molecule has 0 aromatic heterocycles. The summed E-state index contributed by atoms with van der Waals surface area (Å²) in [6.07, 6.45) is 0. The standard InChI is InChI=1S/C33H28Br2/c1-31(2)25-11-17(34)7-9-19(25)21-13-29-23(15-27(21)31)24-16-28-22(14-30(24)33(29,5)6)20-10-8-18(35)12-26(20)32(28,3)4/h7-16H,1-6H3. The Hall–Kier alpha value is -2.16. The minimum atomic E-state index is -0.0424. The summed E-state index contributed by atoms with van der Waals surface area (Å²) in [4.78, 5) is 0. The van der Waals surface area contributed by atoms with E-state index in [4.69, 9.17) is 0 Å². The third-order valence-corrected chi connectivity index (χ3v) is 10.2. The average molecular weight is 584 g/mol. The first-order valence-electron chi connectivity index (χ1n) is 12.4. The van der Waals surface area contributed by atoms with E-state index in [1.165, 1.54) is 66.8 Å². The van der Waals surface area contributed by atoms with Crippen LogP contribution in [-0.4, -0.2) is 0 Å². The van der Waals surface area contributed by atoms with E-state index >= 15 is 0 Å². The van der Waals surface area contributed by atoms with E-state index in [-0.39, 0.29) is 16.2 Å². The number of halogens is 2. The van der Waals surface area contributed by atoms with E-state index in [2.05, 4.69) is 134 Å². The predicted molar refractivity (Wildman–Crippen MR) is 155 cm³/mol. The van der Waals surface area contributed by atoms with Crippen molar-refractivity contribution in [1.82, 2.24) is 0 Å². The molecule has 0 radical (unpaired) electrons. The van der Waals surface area contributed by atoms with Crippen LogP contribution < -0.4 is 0 Å². The molecule has 3 aliphatic carbocycles. The first kappa shape index (κ1) is 22.1.